The molecule has 1 fully saturated rings. The Hall–Kier alpha value is -1.06. The highest BCUT2D eigenvalue weighted by Gasteiger charge is 2.37. The van der Waals surface area contributed by atoms with Crippen molar-refractivity contribution in [1.82, 2.24) is 0 Å². The van der Waals surface area contributed by atoms with Gasteiger partial charge in [0, 0.05) is 16.8 Å². The smallest absolute Gasteiger partial charge is 0.228 e. The third-order valence-electron chi connectivity index (χ3n) is 4.68. The van der Waals surface area contributed by atoms with Crippen LogP contribution >= 0.6 is 11.6 Å². The molecule has 102 valence electrons. The Morgan fingerprint density at radius 1 is 1.37 bits per heavy atom. The maximum atomic E-state index is 11.4. The topological polar surface area (TPSA) is 55.1 Å². The Morgan fingerprint density at radius 3 is 2.74 bits per heavy atom. The third kappa shape index (κ3) is 2.15. The van der Waals surface area contributed by atoms with Gasteiger partial charge in [-0.25, -0.2) is 0 Å². The second-order valence-corrected chi connectivity index (χ2v) is 6.50. The van der Waals surface area contributed by atoms with Crippen LogP contribution in [0.15, 0.2) is 12.1 Å². The number of carbonyl (C=O) groups excluding carboxylic acids is 1. The number of nitrogens with two attached hydrogens (primary N) is 1. The highest BCUT2D eigenvalue weighted by molar-refractivity contribution is 6.32. The van der Waals surface area contributed by atoms with Gasteiger partial charge >= 0.3 is 0 Å². The lowest BCUT2D eigenvalue weighted by Crippen LogP contribution is -2.29. The first-order valence-corrected chi connectivity index (χ1v) is 7.25. The summed E-state index contributed by atoms with van der Waals surface area (Å²) in [4.78, 5) is 11.4. The van der Waals surface area contributed by atoms with Gasteiger partial charge in [0.2, 0.25) is 5.91 Å². The van der Waals surface area contributed by atoms with Crippen molar-refractivity contribution in [2.24, 2.45) is 11.1 Å². The van der Waals surface area contributed by atoms with Crippen molar-refractivity contribution in [3.8, 4) is 0 Å². The summed E-state index contributed by atoms with van der Waals surface area (Å²) in [5.74, 6) is 0.0314. The largest absolute Gasteiger partial charge is 0.325 e. The SMILES string of the molecule is CC1(C(N)c2cc3c(cc2Cl)NC(=O)C3)CCCC1. The number of fused-ring (bicyclic) bond motifs is 1. The zero-order chi connectivity index (χ0) is 13.6. The normalized spacial score (nSPS) is 22.2. The van der Waals surface area contributed by atoms with E-state index in [0.717, 1.165) is 29.7 Å². The lowest BCUT2D eigenvalue weighted by molar-refractivity contribution is -0.115. The van der Waals surface area contributed by atoms with Gasteiger partial charge in [0.05, 0.1) is 6.42 Å². The molecule has 1 aromatic rings. The summed E-state index contributed by atoms with van der Waals surface area (Å²) in [5.41, 5.74) is 9.45. The Morgan fingerprint density at radius 2 is 2.05 bits per heavy atom. The lowest BCUT2D eigenvalue weighted by Gasteiger charge is -2.32. The van der Waals surface area contributed by atoms with Gasteiger partial charge in [-0.05, 0) is 35.4 Å². The van der Waals surface area contributed by atoms with E-state index < -0.39 is 0 Å². The number of amides is 1. The van der Waals surface area contributed by atoms with Gasteiger partial charge in [-0.2, -0.15) is 0 Å². The van der Waals surface area contributed by atoms with E-state index in [9.17, 15) is 4.79 Å². The van der Waals surface area contributed by atoms with Crippen molar-refractivity contribution in [2.45, 2.75) is 45.1 Å². The molecule has 1 atom stereocenters. The van der Waals surface area contributed by atoms with Crippen LogP contribution in [0.4, 0.5) is 5.69 Å². The van der Waals surface area contributed by atoms with Crippen LogP contribution in [0.5, 0.6) is 0 Å². The van der Waals surface area contributed by atoms with E-state index >= 15 is 0 Å². The summed E-state index contributed by atoms with van der Waals surface area (Å²) in [6, 6.07) is 3.81. The summed E-state index contributed by atoms with van der Waals surface area (Å²) in [7, 11) is 0. The van der Waals surface area contributed by atoms with Gasteiger partial charge < -0.3 is 11.1 Å². The molecule has 2 aliphatic rings. The molecular weight excluding hydrogens is 260 g/mol. The maximum Gasteiger partial charge on any atom is 0.228 e. The van der Waals surface area contributed by atoms with Crippen LogP contribution in [0.2, 0.25) is 5.02 Å². The number of hydrogen-bond donors (Lipinski definition) is 2. The van der Waals surface area contributed by atoms with E-state index in [1.807, 2.05) is 12.1 Å². The fraction of sp³-hybridized carbons (Fsp3) is 0.533. The third-order valence-corrected chi connectivity index (χ3v) is 5.01. The molecule has 1 heterocycles. The summed E-state index contributed by atoms with van der Waals surface area (Å²) in [6.07, 6.45) is 5.22. The van der Waals surface area contributed by atoms with Gasteiger partial charge in [-0.3, -0.25) is 4.79 Å². The van der Waals surface area contributed by atoms with E-state index in [2.05, 4.69) is 12.2 Å². The van der Waals surface area contributed by atoms with E-state index in [4.69, 9.17) is 17.3 Å². The van der Waals surface area contributed by atoms with Crippen molar-refractivity contribution in [3.05, 3.63) is 28.3 Å². The van der Waals surface area contributed by atoms with Crippen LogP contribution in [-0.4, -0.2) is 5.91 Å². The molecule has 1 amide bonds. The molecule has 1 aliphatic heterocycles. The lowest BCUT2D eigenvalue weighted by atomic mass is 9.77. The molecule has 1 aromatic carbocycles. The van der Waals surface area contributed by atoms with Crippen LogP contribution < -0.4 is 11.1 Å². The summed E-state index contributed by atoms with van der Waals surface area (Å²) >= 11 is 6.36. The Balaban J connectivity index is 1.97. The quantitative estimate of drug-likeness (QED) is 0.871. The van der Waals surface area contributed by atoms with Crippen molar-refractivity contribution in [1.29, 1.82) is 0 Å². The van der Waals surface area contributed by atoms with Gasteiger partial charge in [0.25, 0.3) is 0 Å². The first kappa shape index (κ1) is 12.9. The number of anilines is 1. The summed E-state index contributed by atoms with van der Waals surface area (Å²) in [5, 5.41) is 3.49. The number of carbonyl (C=O) groups is 1. The minimum absolute atomic E-state index is 0.0314. The fourth-order valence-corrected chi connectivity index (χ4v) is 3.66. The van der Waals surface area contributed by atoms with E-state index in [1.54, 1.807) is 0 Å². The van der Waals surface area contributed by atoms with Gasteiger partial charge in [0.15, 0.2) is 0 Å². The Bertz CT molecular complexity index is 535. The van der Waals surface area contributed by atoms with E-state index in [0.29, 0.717) is 11.4 Å². The summed E-state index contributed by atoms with van der Waals surface area (Å²) < 4.78 is 0. The second-order valence-electron chi connectivity index (χ2n) is 6.09. The summed E-state index contributed by atoms with van der Waals surface area (Å²) in [6.45, 7) is 2.25. The molecule has 1 unspecified atom stereocenters. The monoisotopic (exact) mass is 278 g/mol. The predicted octanol–water partition coefficient (Wildman–Crippen LogP) is 3.41. The number of hydrogen-bond acceptors (Lipinski definition) is 2. The first-order valence-electron chi connectivity index (χ1n) is 6.87. The van der Waals surface area contributed by atoms with Gasteiger partial charge in [-0.1, -0.05) is 37.4 Å². The van der Waals surface area contributed by atoms with Crippen molar-refractivity contribution in [2.75, 3.05) is 5.32 Å². The van der Waals surface area contributed by atoms with Crippen LogP contribution in [0, 0.1) is 5.41 Å². The molecule has 1 aliphatic carbocycles. The predicted molar refractivity (Wildman–Crippen MR) is 77.3 cm³/mol. The van der Waals surface area contributed by atoms with Crippen LogP contribution in [-0.2, 0) is 11.2 Å². The van der Waals surface area contributed by atoms with Gasteiger partial charge in [0.1, 0.15) is 0 Å². The van der Waals surface area contributed by atoms with Crippen LogP contribution in [0.1, 0.15) is 49.8 Å². The average molecular weight is 279 g/mol. The molecule has 0 aromatic heterocycles. The van der Waals surface area contributed by atoms with Crippen molar-refractivity contribution < 1.29 is 4.79 Å². The molecule has 1 saturated carbocycles. The van der Waals surface area contributed by atoms with E-state index in [-0.39, 0.29) is 17.4 Å². The molecule has 19 heavy (non-hydrogen) atoms. The van der Waals surface area contributed by atoms with Crippen LogP contribution in [0.3, 0.4) is 0 Å². The number of nitrogens with one attached hydrogen (secondary N) is 1. The highest BCUT2D eigenvalue weighted by Crippen LogP contribution is 2.48. The molecule has 4 heteroatoms. The molecule has 3 nitrogen and oxygen atoms in total. The van der Waals surface area contributed by atoms with Crippen molar-refractivity contribution >= 4 is 23.2 Å². The minimum atomic E-state index is -0.0523. The molecular formula is C15H19ClN2O. The Kier molecular flexibility index (Phi) is 3.06. The van der Waals surface area contributed by atoms with Crippen molar-refractivity contribution in [3.63, 3.8) is 0 Å². The van der Waals surface area contributed by atoms with Gasteiger partial charge in [-0.15, -0.1) is 0 Å². The first-order chi connectivity index (χ1) is 8.99. The van der Waals surface area contributed by atoms with E-state index in [1.165, 1.54) is 12.8 Å². The standard InChI is InChI=1S/C15H19ClN2O/c1-15(4-2-3-5-15)14(17)10-6-9-7-13(19)18-12(9)8-11(10)16/h6,8,14H,2-5,7,17H2,1H3,(H,18,19). The molecule has 0 radical (unpaired) electrons. The number of halogens is 1. The van der Waals surface area contributed by atoms with Crippen LogP contribution in [0.25, 0.3) is 0 Å². The molecule has 0 bridgehead atoms. The molecule has 3 rings (SSSR count). The maximum absolute atomic E-state index is 11.4. The molecule has 0 saturated heterocycles. The number of benzene rings is 1. The number of rotatable bonds is 2. The fourth-order valence-electron chi connectivity index (χ4n) is 3.37. The molecule has 0 spiro atoms. The zero-order valence-electron chi connectivity index (χ0n) is 11.1. The minimum Gasteiger partial charge on any atom is -0.325 e. The highest BCUT2D eigenvalue weighted by atomic mass is 35.5. The Labute approximate surface area is 118 Å². The zero-order valence-corrected chi connectivity index (χ0v) is 11.9. The average Bonchev–Trinajstić information content (AvgIpc) is 2.93. The second kappa shape index (κ2) is 4.50. The molecule has 3 N–H and O–H groups in total.